The number of nitriles is 1. The van der Waals surface area contributed by atoms with Gasteiger partial charge in [0.2, 0.25) is 5.91 Å². The molecule has 1 amide bonds. The predicted octanol–water partition coefficient (Wildman–Crippen LogP) is -0.534. The lowest BCUT2D eigenvalue weighted by atomic mass is 10.3. The molecule has 5 nitrogen and oxygen atoms in total. The number of aromatic nitrogens is 1. The summed E-state index contributed by atoms with van der Waals surface area (Å²) in [6.07, 6.45) is 1.47. The summed E-state index contributed by atoms with van der Waals surface area (Å²) in [5.74, 6) is -0.276. The summed E-state index contributed by atoms with van der Waals surface area (Å²) in [7, 11) is 1.49. The largest absolute Gasteiger partial charge is 0.358 e. The summed E-state index contributed by atoms with van der Waals surface area (Å²) >= 11 is 0. The molecule has 0 bridgehead atoms. The molecular formula is C9H9N3O2. The van der Waals surface area contributed by atoms with Gasteiger partial charge in [0, 0.05) is 13.2 Å². The molecule has 0 fully saturated rings. The third kappa shape index (κ3) is 1.98. The summed E-state index contributed by atoms with van der Waals surface area (Å²) in [5, 5.41) is 11.0. The van der Waals surface area contributed by atoms with Gasteiger partial charge in [0.05, 0.1) is 0 Å². The highest BCUT2D eigenvalue weighted by Crippen LogP contribution is 1.89. The highest BCUT2D eigenvalue weighted by molar-refractivity contribution is 5.75. The second-order valence-electron chi connectivity index (χ2n) is 2.64. The Morgan fingerprint density at radius 3 is 3.00 bits per heavy atom. The van der Waals surface area contributed by atoms with Crippen LogP contribution in [0.25, 0.3) is 0 Å². The minimum atomic E-state index is -0.446. The highest BCUT2D eigenvalue weighted by Gasteiger charge is 2.04. The SMILES string of the molecule is CNC(=O)Cn1cccc(C#N)c1=O. The van der Waals surface area contributed by atoms with Crippen LogP contribution in [0.1, 0.15) is 5.56 Å². The van der Waals surface area contributed by atoms with E-state index in [-0.39, 0.29) is 18.0 Å². The molecule has 1 aromatic rings. The molecule has 1 heterocycles. The molecule has 0 aromatic carbocycles. The lowest BCUT2D eigenvalue weighted by Crippen LogP contribution is -2.30. The summed E-state index contributed by atoms with van der Waals surface area (Å²) in [4.78, 5) is 22.4. The van der Waals surface area contributed by atoms with E-state index in [2.05, 4.69) is 5.32 Å². The average Bonchev–Trinajstić information content (AvgIpc) is 2.21. The van der Waals surface area contributed by atoms with Gasteiger partial charge in [0.15, 0.2) is 0 Å². The molecule has 0 radical (unpaired) electrons. The van der Waals surface area contributed by atoms with Crippen molar-refractivity contribution in [3.63, 3.8) is 0 Å². The van der Waals surface area contributed by atoms with Crippen molar-refractivity contribution < 1.29 is 4.79 Å². The molecule has 0 saturated carbocycles. The van der Waals surface area contributed by atoms with Gasteiger partial charge in [0.25, 0.3) is 5.56 Å². The fourth-order valence-electron chi connectivity index (χ4n) is 0.980. The van der Waals surface area contributed by atoms with Crippen LogP contribution in [-0.4, -0.2) is 17.5 Å². The molecular weight excluding hydrogens is 182 g/mol. The number of amides is 1. The van der Waals surface area contributed by atoms with Gasteiger partial charge in [-0.15, -0.1) is 0 Å². The van der Waals surface area contributed by atoms with Crippen LogP contribution in [0.4, 0.5) is 0 Å². The smallest absolute Gasteiger partial charge is 0.268 e. The van der Waals surface area contributed by atoms with Crippen LogP contribution in [0.2, 0.25) is 0 Å². The van der Waals surface area contributed by atoms with E-state index in [9.17, 15) is 9.59 Å². The van der Waals surface area contributed by atoms with Crippen molar-refractivity contribution in [1.29, 1.82) is 5.26 Å². The van der Waals surface area contributed by atoms with Crippen LogP contribution >= 0.6 is 0 Å². The van der Waals surface area contributed by atoms with Crippen LogP contribution in [-0.2, 0) is 11.3 Å². The number of rotatable bonds is 2. The van der Waals surface area contributed by atoms with E-state index < -0.39 is 5.56 Å². The molecule has 1 aromatic heterocycles. The average molecular weight is 191 g/mol. The quantitative estimate of drug-likeness (QED) is 0.682. The van der Waals surface area contributed by atoms with Crippen molar-refractivity contribution in [3.05, 3.63) is 34.2 Å². The number of carbonyl (C=O) groups excluding carboxylic acids is 1. The number of hydrogen-bond acceptors (Lipinski definition) is 3. The monoisotopic (exact) mass is 191 g/mol. The van der Waals surface area contributed by atoms with Gasteiger partial charge >= 0.3 is 0 Å². The second-order valence-corrected chi connectivity index (χ2v) is 2.64. The normalized spacial score (nSPS) is 9.14. The third-order valence-corrected chi connectivity index (χ3v) is 1.73. The molecule has 0 unspecified atom stereocenters. The maximum absolute atomic E-state index is 11.4. The second kappa shape index (κ2) is 4.23. The van der Waals surface area contributed by atoms with Crippen LogP contribution in [0.5, 0.6) is 0 Å². The van der Waals surface area contributed by atoms with E-state index in [4.69, 9.17) is 5.26 Å². The van der Waals surface area contributed by atoms with E-state index in [1.54, 1.807) is 12.1 Å². The van der Waals surface area contributed by atoms with Gasteiger partial charge in [-0.05, 0) is 12.1 Å². The third-order valence-electron chi connectivity index (χ3n) is 1.73. The van der Waals surface area contributed by atoms with E-state index in [1.807, 2.05) is 0 Å². The fraction of sp³-hybridized carbons (Fsp3) is 0.222. The van der Waals surface area contributed by atoms with Crippen LogP contribution in [0.3, 0.4) is 0 Å². The standard InChI is InChI=1S/C9H9N3O2/c1-11-8(13)6-12-4-2-3-7(5-10)9(12)14/h2-4H,6H2,1H3,(H,11,13). The Balaban J connectivity index is 3.06. The Labute approximate surface area is 80.6 Å². The first-order valence-electron chi connectivity index (χ1n) is 3.99. The Hall–Kier alpha value is -2.09. The van der Waals surface area contributed by atoms with Crippen molar-refractivity contribution in [2.24, 2.45) is 0 Å². The van der Waals surface area contributed by atoms with Gasteiger partial charge in [-0.2, -0.15) is 5.26 Å². The highest BCUT2D eigenvalue weighted by atomic mass is 16.2. The molecule has 0 aliphatic carbocycles. The van der Waals surface area contributed by atoms with Crippen molar-refractivity contribution in [1.82, 2.24) is 9.88 Å². The number of hydrogen-bond donors (Lipinski definition) is 1. The Morgan fingerprint density at radius 1 is 1.71 bits per heavy atom. The van der Waals surface area contributed by atoms with Gasteiger partial charge in [-0.25, -0.2) is 0 Å². The van der Waals surface area contributed by atoms with Crippen molar-refractivity contribution in [2.45, 2.75) is 6.54 Å². The fourth-order valence-corrected chi connectivity index (χ4v) is 0.980. The molecule has 0 aliphatic rings. The Morgan fingerprint density at radius 2 is 2.43 bits per heavy atom. The predicted molar refractivity (Wildman–Crippen MR) is 49.5 cm³/mol. The zero-order valence-electron chi connectivity index (χ0n) is 7.65. The number of pyridine rings is 1. The van der Waals surface area contributed by atoms with Crippen molar-refractivity contribution >= 4 is 5.91 Å². The Kier molecular flexibility index (Phi) is 3.02. The summed E-state index contributed by atoms with van der Waals surface area (Å²) in [5.41, 5.74) is -0.407. The minimum absolute atomic E-state index is 0.0383. The van der Waals surface area contributed by atoms with Crippen LogP contribution < -0.4 is 10.9 Å². The zero-order chi connectivity index (χ0) is 10.6. The van der Waals surface area contributed by atoms with Gasteiger partial charge in [-0.1, -0.05) is 0 Å². The summed E-state index contributed by atoms with van der Waals surface area (Å²) in [6, 6.07) is 4.74. The van der Waals surface area contributed by atoms with Gasteiger partial charge in [0.1, 0.15) is 18.2 Å². The van der Waals surface area contributed by atoms with Crippen LogP contribution in [0, 0.1) is 11.3 Å². The molecule has 5 heteroatoms. The maximum Gasteiger partial charge on any atom is 0.268 e. The number of carbonyl (C=O) groups is 1. The first kappa shape index (κ1) is 9.99. The van der Waals surface area contributed by atoms with E-state index in [0.29, 0.717) is 0 Å². The number of nitrogens with one attached hydrogen (secondary N) is 1. The topological polar surface area (TPSA) is 74.9 Å². The molecule has 14 heavy (non-hydrogen) atoms. The van der Waals surface area contributed by atoms with Gasteiger partial charge in [-0.3, -0.25) is 9.59 Å². The molecule has 0 aliphatic heterocycles. The van der Waals surface area contributed by atoms with Crippen molar-refractivity contribution in [3.8, 4) is 6.07 Å². The first-order valence-corrected chi connectivity index (χ1v) is 3.99. The number of nitrogens with zero attached hydrogens (tertiary/aromatic N) is 2. The van der Waals surface area contributed by atoms with Gasteiger partial charge < -0.3 is 9.88 Å². The van der Waals surface area contributed by atoms with E-state index >= 15 is 0 Å². The van der Waals surface area contributed by atoms with E-state index in [0.717, 1.165) is 0 Å². The lowest BCUT2D eigenvalue weighted by molar-refractivity contribution is -0.121. The molecule has 0 atom stereocenters. The molecule has 1 rings (SSSR count). The lowest BCUT2D eigenvalue weighted by Gasteiger charge is -2.03. The van der Waals surface area contributed by atoms with Crippen molar-refractivity contribution in [2.75, 3.05) is 7.05 Å². The zero-order valence-corrected chi connectivity index (χ0v) is 7.65. The summed E-state index contributed by atoms with van der Waals surface area (Å²) in [6.45, 7) is -0.0646. The Bertz CT molecular complexity index is 442. The first-order chi connectivity index (χ1) is 6.69. The molecule has 72 valence electrons. The maximum atomic E-state index is 11.4. The summed E-state index contributed by atoms with van der Waals surface area (Å²) < 4.78 is 1.19. The number of likely N-dealkylation sites (N-methyl/N-ethyl adjacent to an activating group) is 1. The molecule has 0 saturated heterocycles. The van der Waals surface area contributed by atoms with Crippen LogP contribution in [0.15, 0.2) is 23.1 Å². The minimum Gasteiger partial charge on any atom is -0.358 e. The molecule has 0 spiro atoms. The van der Waals surface area contributed by atoms with E-state index in [1.165, 1.54) is 23.9 Å². The molecule has 1 N–H and O–H groups in total.